The molecule has 7 heteroatoms. The SMILES string of the molecule is CCN1CCN(C(=O)CCNC(=O)NC2CCOCC2)CC1. The van der Waals surface area contributed by atoms with Crippen molar-refractivity contribution in [3.63, 3.8) is 0 Å². The lowest BCUT2D eigenvalue weighted by Gasteiger charge is -2.34. The van der Waals surface area contributed by atoms with E-state index >= 15 is 0 Å². The summed E-state index contributed by atoms with van der Waals surface area (Å²) in [6, 6.07) is 0.00192. The molecule has 0 bridgehead atoms. The number of likely N-dealkylation sites (N-methyl/N-ethyl adjacent to an activating group) is 1. The van der Waals surface area contributed by atoms with E-state index in [-0.39, 0.29) is 18.0 Å². The molecule has 2 rings (SSSR count). The summed E-state index contributed by atoms with van der Waals surface area (Å²) in [4.78, 5) is 28.1. The molecule has 2 heterocycles. The third-order valence-corrected chi connectivity index (χ3v) is 4.35. The van der Waals surface area contributed by atoms with Gasteiger partial charge in [-0.05, 0) is 19.4 Å². The molecule has 0 unspecified atom stereocenters. The number of carbonyl (C=O) groups is 2. The number of rotatable bonds is 5. The Bertz CT molecular complexity index is 364. The molecule has 0 aromatic carbocycles. The van der Waals surface area contributed by atoms with Crippen molar-refractivity contribution < 1.29 is 14.3 Å². The van der Waals surface area contributed by atoms with Gasteiger partial charge in [0.25, 0.3) is 0 Å². The molecule has 22 heavy (non-hydrogen) atoms. The lowest BCUT2D eigenvalue weighted by atomic mass is 10.1. The molecule has 0 spiro atoms. The molecule has 0 aliphatic carbocycles. The number of amides is 3. The van der Waals surface area contributed by atoms with Crippen molar-refractivity contribution in [3.8, 4) is 0 Å². The van der Waals surface area contributed by atoms with Crippen LogP contribution in [0.2, 0.25) is 0 Å². The van der Waals surface area contributed by atoms with Gasteiger partial charge in [-0.15, -0.1) is 0 Å². The van der Waals surface area contributed by atoms with Crippen LogP contribution in [0.3, 0.4) is 0 Å². The molecule has 2 aliphatic rings. The van der Waals surface area contributed by atoms with E-state index in [1.807, 2.05) is 4.90 Å². The number of piperazine rings is 1. The molecule has 0 radical (unpaired) electrons. The van der Waals surface area contributed by atoms with Gasteiger partial charge in [-0.3, -0.25) is 4.79 Å². The zero-order valence-corrected chi connectivity index (χ0v) is 13.5. The van der Waals surface area contributed by atoms with Gasteiger partial charge >= 0.3 is 6.03 Å². The fourth-order valence-corrected chi connectivity index (χ4v) is 2.83. The van der Waals surface area contributed by atoms with E-state index in [4.69, 9.17) is 4.74 Å². The molecule has 0 saturated carbocycles. The van der Waals surface area contributed by atoms with E-state index in [0.717, 1.165) is 45.6 Å². The molecule has 2 saturated heterocycles. The highest BCUT2D eigenvalue weighted by Crippen LogP contribution is 2.06. The maximum Gasteiger partial charge on any atom is 0.315 e. The average molecular weight is 312 g/mol. The monoisotopic (exact) mass is 312 g/mol. The quantitative estimate of drug-likeness (QED) is 0.750. The molecule has 0 aromatic rings. The van der Waals surface area contributed by atoms with Crippen molar-refractivity contribution in [2.24, 2.45) is 0 Å². The Morgan fingerprint density at radius 2 is 1.82 bits per heavy atom. The predicted octanol–water partition coefficient (Wildman–Crippen LogP) is 0.0188. The van der Waals surface area contributed by atoms with Gasteiger partial charge < -0.3 is 25.2 Å². The summed E-state index contributed by atoms with van der Waals surface area (Å²) in [7, 11) is 0. The van der Waals surface area contributed by atoms with Gasteiger partial charge in [0.05, 0.1) is 0 Å². The van der Waals surface area contributed by atoms with Crippen LogP contribution in [-0.4, -0.2) is 80.3 Å². The summed E-state index contributed by atoms with van der Waals surface area (Å²) in [6.45, 7) is 8.44. The Hall–Kier alpha value is -1.34. The van der Waals surface area contributed by atoms with E-state index in [9.17, 15) is 9.59 Å². The predicted molar refractivity (Wildman–Crippen MR) is 83.7 cm³/mol. The van der Waals surface area contributed by atoms with Crippen LogP contribution in [0.15, 0.2) is 0 Å². The number of carbonyl (C=O) groups excluding carboxylic acids is 2. The fraction of sp³-hybridized carbons (Fsp3) is 0.867. The molecule has 2 N–H and O–H groups in total. The molecule has 0 atom stereocenters. The maximum absolute atomic E-state index is 12.1. The summed E-state index contributed by atoms with van der Waals surface area (Å²) < 4.78 is 5.25. The van der Waals surface area contributed by atoms with Gasteiger partial charge in [0.15, 0.2) is 0 Å². The average Bonchev–Trinajstić information content (AvgIpc) is 2.55. The van der Waals surface area contributed by atoms with Crippen molar-refractivity contribution in [1.29, 1.82) is 0 Å². The lowest BCUT2D eigenvalue weighted by Crippen LogP contribution is -2.49. The van der Waals surface area contributed by atoms with Crippen LogP contribution in [0.5, 0.6) is 0 Å². The first-order valence-corrected chi connectivity index (χ1v) is 8.31. The minimum atomic E-state index is -0.185. The summed E-state index contributed by atoms with van der Waals surface area (Å²) in [5, 5.41) is 5.70. The Morgan fingerprint density at radius 1 is 1.14 bits per heavy atom. The summed E-state index contributed by atoms with van der Waals surface area (Å²) in [6.07, 6.45) is 2.08. The maximum atomic E-state index is 12.1. The van der Waals surface area contributed by atoms with Crippen LogP contribution in [0.1, 0.15) is 26.2 Å². The van der Waals surface area contributed by atoms with Crippen LogP contribution in [0, 0.1) is 0 Å². The lowest BCUT2D eigenvalue weighted by molar-refractivity contribution is -0.132. The van der Waals surface area contributed by atoms with Gasteiger partial charge in [0.2, 0.25) is 5.91 Å². The minimum Gasteiger partial charge on any atom is -0.381 e. The van der Waals surface area contributed by atoms with E-state index < -0.39 is 0 Å². The normalized spacial score (nSPS) is 20.7. The van der Waals surface area contributed by atoms with Crippen molar-refractivity contribution >= 4 is 11.9 Å². The molecule has 7 nitrogen and oxygen atoms in total. The molecular formula is C15H28N4O3. The van der Waals surface area contributed by atoms with E-state index in [1.165, 1.54) is 0 Å². The van der Waals surface area contributed by atoms with E-state index in [0.29, 0.717) is 26.2 Å². The Morgan fingerprint density at radius 3 is 2.45 bits per heavy atom. The molecule has 3 amide bonds. The molecular weight excluding hydrogens is 284 g/mol. The second-order valence-corrected chi connectivity index (χ2v) is 5.85. The first-order chi connectivity index (χ1) is 10.7. The first kappa shape index (κ1) is 17.0. The number of hydrogen-bond acceptors (Lipinski definition) is 4. The number of hydrogen-bond donors (Lipinski definition) is 2. The highest BCUT2D eigenvalue weighted by atomic mass is 16.5. The second kappa shape index (κ2) is 8.95. The van der Waals surface area contributed by atoms with Gasteiger partial charge in [-0.1, -0.05) is 6.92 Å². The Labute approximate surface area is 132 Å². The zero-order chi connectivity index (χ0) is 15.8. The number of nitrogens with zero attached hydrogens (tertiary/aromatic N) is 2. The standard InChI is InChI=1S/C15H28N4O3/c1-2-18-7-9-19(10-8-18)14(20)3-6-16-15(21)17-13-4-11-22-12-5-13/h13H,2-12H2,1H3,(H2,16,17,21). The van der Waals surface area contributed by atoms with Crippen LogP contribution in [-0.2, 0) is 9.53 Å². The third kappa shape index (κ3) is 5.46. The van der Waals surface area contributed by atoms with Gasteiger partial charge in [0.1, 0.15) is 0 Å². The third-order valence-electron chi connectivity index (χ3n) is 4.35. The van der Waals surface area contributed by atoms with Gasteiger partial charge in [-0.2, -0.15) is 0 Å². The van der Waals surface area contributed by atoms with Crippen LogP contribution >= 0.6 is 0 Å². The highest BCUT2D eigenvalue weighted by molar-refractivity contribution is 5.78. The van der Waals surface area contributed by atoms with Gasteiger partial charge in [-0.25, -0.2) is 4.79 Å². The van der Waals surface area contributed by atoms with E-state index in [1.54, 1.807) is 0 Å². The van der Waals surface area contributed by atoms with Crippen LogP contribution < -0.4 is 10.6 Å². The topological polar surface area (TPSA) is 73.9 Å². The largest absolute Gasteiger partial charge is 0.381 e. The van der Waals surface area contributed by atoms with Crippen LogP contribution in [0.25, 0.3) is 0 Å². The molecule has 2 fully saturated rings. The molecule has 126 valence electrons. The van der Waals surface area contributed by atoms with Crippen molar-refractivity contribution in [1.82, 2.24) is 20.4 Å². The van der Waals surface area contributed by atoms with Gasteiger partial charge in [0, 0.05) is 58.4 Å². The molecule has 0 aromatic heterocycles. The summed E-state index contributed by atoms with van der Waals surface area (Å²) in [5.41, 5.74) is 0. The fourth-order valence-electron chi connectivity index (χ4n) is 2.83. The van der Waals surface area contributed by atoms with Crippen LogP contribution in [0.4, 0.5) is 4.79 Å². The first-order valence-electron chi connectivity index (χ1n) is 8.31. The smallest absolute Gasteiger partial charge is 0.315 e. The summed E-state index contributed by atoms with van der Waals surface area (Å²) in [5.74, 6) is 0.127. The zero-order valence-electron chi connectivity index (χ0n) is 13.5. The van der Waals surface area contributed by atoms with E-state index in [2.05, 4.69) is 22.5 Å². The minimum absolute atomic E-state index is 0.127. The van der Waals surface area contributed by atoms with Crippen molar-refractivity contribution in [2.45, 2.75) is 32.2 Å². The second-order valence-electron chi connectivity index (χ2n) is 5.85. The number of urea groups is 1. The Kier molecular flexibility index (Phi) is 6.92. The number of ether oxygens (including phenoxy) is 1. The number of nitrogens with one attached hydrogen (secondary N) is 2. The van der Waals surface area contributed by atoms with Crippen molar-refractivity contribution in [3.05, 3.63) is 0 Å². The summed E-state index contributed by atoms with van der Waals surface area (Å²) >= 11 is 0. The van der Waals surface area contributed by atoms with Crippen molar-refractivity contribution in [2.75, 3.05) is 52.5 Å². The highest BCUT2D eigenvalue weighted by Gasteiger charge is 2.20. The molecule has 2 aliphatic heterocycles. The Balaban J connectivity index is 1.57.